The Balaban J connectivity index is 2.17. The Morgan fingerprint density at radius 2 is 2.15 bits per heavy atom. The van der Waals surface area contributed by atoms with Gasteiger partial charge in [0.15, 0.2) is 0 Å². The molecule has 1 aliphatic carbocycles. The van der Waals surface area contributed by atoms with Crippen molar-refractivity contribution in [3.63, 3.8) is 0 Å². The van der Waals surface area contributed by atoms with E-state index in [2.05, 4.69) is 15.3 Å². The molecule has 0 radical (unpaired) electrons. The summed E-state index contributed by atoms with van der Waals surface area (Å²) in [6, 6.07) is 0.428. The van der Waals surface area contributed by atoms with Crippen molar-refractivity contribution in [1.29, 1.82) is 0 Å². The van der Waals surface area contributed by atoms with Gasteiger partial charge in [0.25, 0.3) is 0 Å². The Morgan fingerprint density at radius 3 is 2.80 bits per heavy atom. The van der Waals surface area contributed by atoms with Gasteiger partial charge in [0.05, 0.1) is 12.0 Å². The normalized spacial score (nSPS) is 14.6. The zero-order valence-electron chi connectivity index (χ0n) is 11.8. The molecule has 0 atom stereocenters. The maximum Gasteiger partial charge on any atom is 0.342 e. The fraction of sp³-hybridized carbons (Fsp3) is 0.500. The minimum absolute atomic E-state index is 0.322. The van der Waals surface area contributed by atoms with Crippen molar-refractivity contribution in [3.05, 3.63) is 17.1 Å². The minimum atomic E-state index is -0.393. The smallest absolute Gasteiger partial charge is 0.342 e. The first-order valence-corrected chi connectivity index (χ1v) is 6.81. The van der Waals surface area contributed by atoms with Crippen LogP contribution in [0.1, 0.15) is 41.7 Å². The highest BCUT2D eigenvalue weighted by Crippen LogP contribution is 2.33. The zero-order valence-corrected chi connectivity index (χ0v) is 11.8. The Morgan fingerprint density at radius 1 is 1.40 bits per heavy atom. The molecule has 2 heterocycles. The number of ether oxygens (including phenoxy) is 1. The highest BCUT2D eigenvalue weighted by Gasteiger charge is 2.28. The summed E-state index contributed by atoms with van der Waals surface area (Å²) in [6.45, 7) is 5.64. The van der Waals surface area contributed by atoms with Crippen LogP contribution in [-0.2, 0) is 4.74 Å². The van der Waals surface area contributed by atoms with E-state index < -0.39 is 5.97 Å². The molecule has 0 aliphatic heterocycles. The second-order valence-electron chi connectivity index (χ2n) is 4.97. The predicted molar refractivity (Wildman–Crippen MR) is 73.9 cm³/mol. The van der Waals surface area contributed by atoms with Gasteiger partial charge >= 0.3 is 5.97 Å². The number of anilines is 1. The highest BCUT2D eigenvalue weighted by molar-refractivity contribution is 6.07. The molecule has 6 nitrogen and oxygen atoms in total. The van der Waals surface area contributed by atoms with E-state index in [4.69, 9.17) is 9.15 Å². The number of rotatable bonds is 4. The van der Waals surface area contributed by atoms with Gasteiger partial charge in [-0.3, -0.25) is 0 Å². The summed E-state index contributed by atoms with van der Waals surface area (Å²) in [5.74, 6) is 1.40. The lowest BCUT2D eigenvalue weighted by atomic mass is 10.2. The molecule has 106 valence electrons. The summed E-state index contributed by atoms with van der Waals surface area (Å²) < 4.78 is 10.7. The molecule has 2 aromatic rings. The first-order valence-electron chi connectivity index (χ1n) is 6.81. The number of hydrogen-bond acceptors (Lipinski definition) is 6. The summed E-state index contributed by atoms with van der Waals surface area (Å²) in [6.07, 6.45) is 2.24. The topological polar surface area (TPSA) is 77.2 Å². The number of furan rings is 1. The molecule has 0 spiro atoms. The molecule has 0 amide bonds. The average molecular weight is 275 g/mol. The van der Waals surface area contributed by atoms with Crippen molar-refractivity contribution in [1.82, 2.24) is 9.97 Å². The van der Waals surface area contributed by atoms with Gasteiger partial charge in [0.2, 0.25) is 5.71 Å². The number of nitrogens with zero attached hydrogens (tertiary/aromatic N) is 2. The SMILES string of the molecule is CCOC(=O)c1c(C)oc2nc(C)nc(NC3CC3)c12. The van der Waals surface area contributed by atoms with Gasteiger partial charge in [0.1, 0.15) is 23.0 Å². The van der Waals surface area contributed by atoms with Crippen LogP contribution in [0.5, 0.6) is 0 Å². The molecule has 0 unspecified atom stereocenters. The summed E-state index contributed by atoms with van der Waals surface area (Å²) in [5.41, 5.74) is 0.853. The van der Waals surface area contributed by atoms with Crippen LogP contribution in [0.3, 0.4) is 0 Å². The third kappa shape index (κ3) is 2.21. The predicted octanol–water partition coefficient (Wildman–Crippen LogP) is 2.59. The van der Waals surface area contributed by atoms with Crippen molar-refractivity contribution in [3.8, 4) is 0 Å². The molecule has 1 saturated carbocycles. The summed E-state index contributed by atoms with van der Waals surface area (Å²) >= 11 is 0. The van der Waals surface area contributed by atoms with E-state index in [9.17, 15) is 4.79 Å². The van der Waals surface area contributed by atoms with Crippen molar-refractivity contribution in [2.75, 3.05) is 11.9 Å². The van der Waals surface area contributed by atoms with Gasteiger partial charge in [0, 0.05) is 6.04 Å². The van der Waals surface area contributed by atoms with Gasteiger partial charge < -0.3 is 14.5 Å². The Kier molecular flexibility index (Phi) is 3.08. The fourth-order valence-electron chi connectivity index (χ4n) is 2.19. The second kappa shape index (κ2) is 4.77. The van der Waals surface area contributed by atoms with Crippen LogP contribution in [0.25, 0.3) is 11.1 Å². The average Bonchev–Trinajstić information content (AvgIpc) is 3.11. The lowest BCUT2D eigenvalue weighted by Gasteiger charge is -2.07. The van der Waals surface area contributed by atoms with Crippen molar-refractivity contribution >= 4 is 22.9 Å². The van der Waals surface area contributed by atoms with Crippen molar-refractivity contribution in [2.24, 2.45) is 0 Å². The van der Waals surface area contributed by atoms with E-state index in [1.807, 2.05) is 0 Å². The van der Waals surface area contributed by atoms with E-state index in [-0.39, 0.29) is 0 Å². The van der Waals surface area contributed by atoms with Gasteiger partial charge in [-0.2, -0.15) is 4.98 Å². The van der Waals surface area contributed by atoms with Crippen molar-refractivity contribution in [2.45, 2.75) is 39.7 Å². The molecule has 3 rings (SSSR count). The standard InChI is InChI=1S/C14H17N3O3/c1-4-19-14(18)10-7(2)20-13-11(10)12(15-8(3)16-13)17-9-5-6-9/h9H,4-6H2,1-3H3,(H,15,16,17). The Bertz CT molecular complexity index is 674. The zero-order chi connectivity index (χ0) is 14.3. The first kappa shape index (κ1) is 12.9. The van der Waals surface area contributed by atoms with Crippen molar-refractivity contribution < 1.29 is 13.9 Å². The maximum absolute atomic E-state index is 12.1. The van der Waals surface area contributed by atoms with E-state index in [1.54, 1.807) is 20.8 Å². The number of aryl methyl sites for hydroxylation is 2. The summed E-state index contributed by atoms with van der Waals surface area (Å²) in [7, 11) is 0. The molecular formula is C14H17N3O3. The molecule has 2 aromatic heterocycles. The largest absolute Gasteiger partial charge is 0.462 e. The van der Waals surface area contributed by atoms with Crippen LogP contribution in [0.2, 0.25) is 0 Å². The minimum Gasteiger partial charge on any atom is -0.462 e. The van der Waals surface area contributed by atoms with Gasteiger partial charge in [-0.1, -0.05) is 0 Å². The van der Waals surface area contributed by atoms with E-state index >= 15 is 0 Å². The molecular weight excluding hydrogens is 258 g/mol. The number of nitrogens with one attached hydrogen (secondary N) is 1. The molecule has 6 heteroatoms. The number of fused-ring (bicyclic) bond motifs is 1. The van der Waals surface area contributed by atoms with Crippen LogP contribution in [0.4, 0.5) is 5.82 Å². The molecule has 0 aromatic carbocycles. The number of hydrogen-bond donors (Lipinski definition) is 1. The van der Waals surface area contributed by atoms with E-state index in [1.165, 1.54) is 0 Å². The first-order chi connectivity index (χ1) is 9.60. The monoisotopic (exact) mass is 275 g/mol. The number of carbonyl (C=O) groups is 1. The van der Waals surface area contributed by atoms with E-state index in [0.717, 1.165) is 12.8 Å². The number of carbonyl (C=O) groups excluding carboxylic acids is 1. The third-order valence-corrected chi connectivity index (χ3v) is 3.24. The lowest BCUT2D eigenvalue weighted by molar-refractivity contribution is 0.0526. The molecule has 0 bridgehead atoms. The summed E-state index contributed by atoms with van der Waals surface area (Å²) in [4.78, 5) is 20.8. The summed E-state index contributed by atoms with van der Waals surface area (Å²) in [5, 5.41) is 3.96. The highest BCUT2D eigenvalue weighted by atomic mass is 16.5. The lowest BCUT2D eigenvalue weighted by Crippen LogP contribution is -2.09. The van der Waals surface area contributed by atoms with Crippen LogP contribution in [-0.4, -0.2) is 28.6 Å². The van der Waals surface area contributed by atoms with Gasteiger partial charge in [-0.05, 0) is 33.6 Å². The molecule has 1 aliphatic rings. The molecule has 0 saturated heterocycles. The van der Waals surface area contributed by atoms with Gasteiger partial charge in [-0.15, -0.1) is 0 Å². The molecule has 1 fully saturated rings. The van der Waals surface area contributed by atoms with Crippen LogP contribution < -0.4 is 5.32 Å². The second-order valence-corrected chi connectivity index (χ2v) is 4.97. The quantitative estimate of drug-likeness (QED) is 0.864. The Labute approximate surface area is 116 Å². The maximum atomic E-state index is 12.1. The molecule has 1 N–H and O–H groups in total. The van der Waals surface area contributed by atoms with Gasteiger partial charge in [-0.25, -0.2) is 9.78 Å². The van der Waals surface area contributed by atoms with Crippen LogP contribution >= 0.6 is 0 Å². The van der Waals surface area contributed by atoms with Crippen LogP contribution in [0.15, 0.2) is 4.42 Å². The van der Waals surface area contributed by atoms with E-state index in [0.29, 0.717) is 46.7 Å². The third-order valence-electron chi connectivity index (χ3n) is 3.24. The Hall–Kier alpha value is -2.11. The molecule has 20 heavy (non-hydrogen) atoms. The van der Waals surface area contributed by atoms with Crippen LogP contribution in [0, 0.1) is 13.8 Å². The fourth-order valence-corrected chi connectivity index (χ4v) is 2.19. The number of aromatic nitrogens is 2. The number of esters is 1.